The van der Waals surface area contributed by atoms with E-state index in [1.54, 1.807) is 36.4 Å². The van der Waals surface area contributed by atoms with Crippen molar-refractivity contribution < 1.29 is 17.9 Å². The number of aromatic nitrogens is 2. The Morgan fingerprint density at radius 1 is 0.935 bits per heavy atom. The van der Waals surface area contributed by atoms with Crippen molar-refractivity contribution >= 4 is 23.1 Å². The lowest BCUT2D eigenvalue weighted by Gasteiger charge is -2.17. The van der Waals surface area contributed by atoms with Gasteiger partial charge in [-0.15, -0.1) is 0 Å². The van der Waals surface area contributed by atoms with E-state index in [0.717, 1.165) is 36.8 Å². The van der Waals surface area contributed by atoms with E-state index < -0.39 is 11.7 Å². The molecule has 164 valence electrons. The highest BCUT2D eigenvalue weighted by atomic mass is 19.4. The molecule has 3 rings (SSSR count). The monoisotopic (exact) mass is 430 g/mol. The fourth-order valence-electron chi connectivity index (χ4n) is 2.99. The van der Waals surface area contributed by atoms with Crippen LogP contribution in [0.3, 0.4) is 0 Å². The van der Waals surface area contributed by atoms with Crippen LogP contribution in [0.15, 0.2) is 54.7 Å². The smallest absolute Gasteiger partial charge is 0.421 e. The third-order valence-electron chi connectivity index (χ3n) is 4.47. The molecule has 1 heterocycles. The highest BCUT2D eigenvalue weighted by Crippen LogP contribution is 2.36. The van der Waals surface area contributed by atoms with Crippen LogP contribution in [-0.4, -0.2) is 16.6 Å². The highest BCUT2D eigenvalue weighted by molar-refractivity contribution is 5.65. The van der Waals surface area contributed by atoms with Gasteiger partial charge in [0.15, 0.2) is 0 Å². The summed E-state index contributed by atoms with van der Waals surface area (Å²) in [5.41, 5.74) is 1.24. The molecule has 0 fully saturated rings. The lowest BCUT2D eigenvalue weighted by atomic mass is 10.1. The van der Waals surface area contributed by atoms with Crippen molar-refractivity contribution in [1.82, 2.24) is 9.97 Å². The third kappa shape index (κ3) is 6.10. The van der Waals surface area contributed by atoms with Crippen molar-refractivity contribution in [1.29, 1.82) is 0 Å². The molecule has 0 aliphatic rings. The van der Waals surface area contributed by atoms with E-state index in [2.05, 4.69) is 20.6 Å². The molecule has 0 unspecified atom stereocenters. The standard InChI is InChI=1S/C23H25F3N4O/c1-3-7-16-8-5-6-9-20(16)29-21-19(23(24,25)26)15-27-22(30-21)28-17-10-12-18(13-11-17)31-14-4-2/h5-6,8-13,15H,3-4,7,14H2,1-2H3,(H2,27,28,29,30). The quantitative estimate of drug-likeness (QED) is 0.394. The Kier molecular flexibility index (Phi) is 7.33. The second-order valence-corrected chi connectivity index (χ2v) is 6.98. The van der Waals surface area contributed by atoms with E-state index in [9.17, 15) is 13.2 Å². The van der Waals surface area contributed by atoms with Crippen LogP contribution in [-0.2, 0) is 12.6 Å². The van der Waals surface area contributed by atoms with Crippen LogP contribution in [0.25, 0.3) is 0 Å². The maximum absolute atomic E-state index is 13.6. The molecule has 0 spiro atoms. The Labute approximate surface area is 179 Å². The number of nitrogens with zero attached hydrogens (tertiary/aromatic N) is 2. The minimum absolute atomic E-state index is 0.0608. The van der Waals surface area contributed by atoms with Crippen molar-refractivity contribution in [3.63, 3.8) is 0 Å². The highest BCUT2D eigenvalue weighted by Gasteiger charge is 2.35. The minimum Gasteiger partial charge on any atom is -0.494 e. The van der Waals surface area contributed by atoms with E-state index in [1.807, 2.05) is 26.0 Å². The molecule has 0 atom stereocenters. The van der Waals surface area contributed by atoms with Crippen molar-refractivity contribution in [3.05, 3.63) is 65.9 Å². The van der Waals surface area contributed by atoms with Gasteiger partial charge in [0, 0.05) is 17.6 Å². The zero-order valence-electron chi connectivity index (χ0n) is 17.5. The summed E-state index contributed by atoms with van der Waals surface area (Å²) in [4.78, 5) is 7.98. The number of nitrogens with one attached hydrogen (secondary N) is 2. The van der Waals surface area contributed by atoms with Gasteiger partial charge in [-0.05, 0) is 48.7 Å². The van der Waals surface area contributed by atoms with E-state index in [-0.39, 0.29) is 11.8 Å². The zero-order valence-corrected chi connectivity index (χ0v) is 17.5. The lowest BCUT2D eigenvalue weighted by molar-refractivity contribution is -0.137. The third-order valence-corrected chi connectivity index (χ3v) is 4.47. The molecule has 2 aromatic carbocycles. The Morgan fingerprint density at radius 2 is 1.68 bits per heavy atom. The lowest BCUT2D eigenvalue weighted by Crippen LogP contribution is -2.13. The van der Waals surface area contributed by atoms with Gasteiger partial charge in [-0.25, -0.2) is 4.98 Å². The molecule has 0 bridgehead atoms. The summed E-state index contributed by atoms with van der Waals surface area (Å²) in [6.07, 6.45) is -1.28. The summed E-state index contributed by atoms with van der Waals surface area (Å²) < 4.78 is 46.2. The second-order valence-electron chi connectivity index (χ2n) is 6.98. The SMILES string of the molecule is CCCOc1ccc(Nc2ncc(C(F)(F)F)c(Nc3ccccc3CCC)n2)cc1. The maximum Gasteiger partial charge on any atom is 0.421 e. The molecule has 0 aliphatic carbocycles. The topological polar surface area (TPSA) is 59.1 Å². The van der Waals surface area contributed by atoms with Crippen LogP contribution >= 0.6 is 0 Å². The van der Waals surface area contributed by atoms with Crippen LogP contribution in [0.2, 0.25) is 0 Å². The Bertz CT molecular complexity index is 991. The average Bonchev–Trinajstić information content (AvgIpc) is 2.74. The van der Waals surface area contributed by atoms with Gasteiger partial charge in [0.05, 0.1) is 6.61 Å². The van der Waals surface area contributed by atoms with E-state index in [0.29, 0.717) is 18.0 Å². The fourth-order valence-corrected chi connectivity index (χ4v) is 2.99. The van der Waals surface area contributed by atoms with Crippen LogP contribution < -0.4 is 15.4 Å². The Balaban J connectivity index is 1.87. The molecule has 3 aromatic rings. The number of benzene rings is 2. The van der Waals surface area contributed by atoms with Gasteiger partial charge in [0.25, 0.3) is 0 Å². The van der Waals surface area contributed by atoms with Crippen LogP contribution in [0.1, 0.15) is 37.8 Å². The molecule has 0 amide bonds. The molecule has 1 aromatic heterocycles. The first kappa shape index (κ1) is 22.4. The predicted molar refractivity (Wildman–Crippen MR) is 116 cm³/mol. The number of anilines is 4. The summed E-state index contributed by atoms with van der Waals surface area (Å²) in [7, 11) is 0. The Morgan fingerprint density at radius 3 is 2.35 bits per heavy atom. The number of ether oxygens (including phenoxy) is 1. The molecule has 0 aliphatic heterocycles. The van der Waals surface area contributed by atoms with Crippen LogP contribution in [0, 0.1) is 0 Å². The molecule has 5 nitrogen and oxygen atoms in total. The molecular formula is C23H25F3N4O. The van der Waals surface area contributed by atoms with E-state index >= 15 is 0 Å². The number of para-hydroxylation sites is 1. The zero-order chi connectivity index (χ0) is 22.3. The first-order chi connectivity index (χ1) is 14.9. The van der Waals surface area contributed by atoms with Crippen LogP contribution in [0.5, 0.6) is 5.75 Å². The normalized spacial score (nSPS) is 11.3. The molecule has 0 saturated heterocycles. The van der Waals surface area contributed by atoms with Gasteiger partial charge in [-0.1, -0.05) is 38.5 Å². The number of rotatable bonds is 9. The molecule has 0 saturated carbocycles. The largest absolute Gasteiger partial charge is 0.494 e. The molecular weight excluding hydrogens is 405 g/mol. The Hall–Kier alpha value is -3.29. The second kappa shape index (κ2) is 10.1. The predicted octanol–water partition coefficient (Wildman–Crippen LogP) is 6.72. The molecule has 31 heavy (non-hydrogen) atoms. The van der Waals surface area contributed by atoms with Crippen molar-refractivity contribution in [2.75, 3.05) is 17.2 Å². The first-order valence-corrected chi connectivity index (χ1v) is 10.2. The van der Waals surface area contributed by atoms with E-state index in [4.69, 9.17) is 4.74 Å². The number of hydrogen-bond donors (Lipinski definition) is 2. The van der Waals surface area contributed by atoms with Gasteiger partial charge in [-0.3, -0.25) is 0 Å². The summed E-state index contributed by atoms with van der Waals surface area (Å²) in [5.74, 6) is 0.484. The summed E-state index contributed by atoms with van der Waals surface area (Å²) >= 11 is 0. The molecule has 0 radical (unpaired) electrons. The number of aryl methyl sites for hydroxylation is 1. The summed E-state index contributed by atoms with van der Waals surface area (Å²) in [5, 5.41) is 5.81. The van der Waals surface area contributed by atoms with Gasteiger partial charge >= 0.3 is 6.18 Å². The summed E-state index contributed by atoms with van der Waals surface area (Å²) in [6.45, 7) is 4.65. The van der Waals surface area contributed by atoms with Crippen molar-refractivity contribution in [3.8, 4) is 5.75 Å². The molecule has 8 heteroatoms. The maximum atomic E-state index is 13.6. The first-order valence-electron chi connectivity index (χ1n) is 10.2. The van der Waals surface area contributed by atoms with Crippen LogP contribution in [0.4, 0.5) is 36.3 Å². The van der Waals surface area contributed by atoms with Gasteiger partial charge in [0.2, 0.25) is 5.95 Å². The number of alkyl halides is 3. The number of halogens is 3. The van der Waals surface area contributed by atoms with Gasteiger partial charge < -0.3 is 15.4 Å². The van der Waals surface area contributed by atoms with Gasteiger partial charge in [-0.2, -0.15) is 18.2 Å². The molecule has 2 N–H and O–H groups in total. The minimum atomic E-state index is -4.58. The number of hydrogen-bond acceptors (Lipinski definition) is 5. The van der Waals surface area contributed by atoms with Crippen molar-refractivity contribution in [2.24, 2.45) is 0 Å². The van der Waals surface area contributed by atoms with Gasteiger partial charge in [0.1, 0.15) is 17.1 Å². The fraction of sp³-hybridized carbons (Fsp3) is 0.304. The average molecular weight is 430 g/mol. The summed E-state index contributed by atoms with van der Waals surface area (Å²) in [6, 6.07) is 14.4. The van der Waals surface area contributed by atoms with Crippen molar-refractivity contribution in [2.45, 2.75) is 39.3 Å². The van der Waals surface area contributed by atoms with E-state index in [1.165, 1.54) is 0 Å².